The minimum absolute atomic E-state index is 0.224. The molecule has 6 heteroatoms. The Morgan fingerprint density at radius 2 is 1.92 bits per heavy atom. The van der Waals surface area contributed by atoms with Crippen LogP contribution in [0.25, 0.3) is 10.6 Å². The van der Waals surface area contributed by atoms with E-state index in [1.54, 1.807) is 29.8 Å². The molecule has 0 saturated carbocycles. The molecule has 0 spiro atoms. The zero-order chi connectivity index (χ0) is 16.9. The van der Waals surface area contributed by atoms with Gasteiger partial charge in [0.05, 0.1) is 23.9 Å². The maximum Gasteiger partial charge on any atom is 0.206 e. The average Bonchev–Trinajstić information content (AvgIpc) is 3.22. The molecule has 2 heterocycles. The van der Waals surface area contributed by atoms with Crippen molar-refractivity contribution in [3.05, 3.63) is 57.5 Å². The number of rotatable bonds is 5. The number of thiophene rings is 1. The first-order chi connectivity index (χ1) is 11.7. The summed E-state index contributed by atoms with van der Waals surface area (Å²) in [5.74, 6) is 0.838. The molecule has 124 valence electrons. The Bertz CT molecular complexity index is 872. The highest BCUT2D eigenvalue weighted by Crippen LogP contribution is 2.25. The molecule has 0 atom stereocenters. The van der Waals surface area contributed by atoms with Crippen molar-refractivity contribution < 1.29 is 4.74 Å². The zero-order valence-electron chi connectivity index (χ0n) is 13.8. The molecule has 0 bridgehead atoms. The largest absolute Gasteiger partial charge is 0.497 e. The van der Waals surface area contributed by atoms with E-state index in [1.165, 1.54) is 4.88 Å². The van der Waals surface area contributed by atoms with Gasteiger partial charge < -0.3 is 4.74 Å². The molecular formula is C18H19N3OS2. The smallest absolute Gasteiger partial charge is 0.206 e. The molecule has 0 amide bonds. The highest BCUT2D eigenvalue weighted by atomic mass is 32.1. The highest BCUT2D eigenvalue weighted by molar-refractivity contribution is 7.14. The van der Waals surface area contributed by atoms with Crippen molar-refractivity contribution in [1.82, 2.24) is 4.68 Å². The normalized spacial score (nSPS) is 12.4. The minimum Gasteiger partial charge on any atom is -0.497 e. The van der Waals surface area contributed by atoms with E-state index in [4.69, 9.17) is 4.74 Å². The lowest BCUT2D eigenvalue weighted by Gasteiger charge is -2.02. The fraction of sp³-hybridized carbons (Fsp3) is 0.222. The molecule has 3 rings (SSSR count). The predicted molar refractivity (Wildman–Crippen MR) is 102 cm³/mol. The van der Waals surface area contributed by atoms with Gasteiger partial charge >= 0.3 is 0 Å². The molecule has 3 aromatic rings. The van der Waals surface area contributed by atoms with Crippen LogP contribution in [0.2, 0.25) is 0 Å². The molecule has 0 radical (unpaired) electrons. The molecule has 0 fully saturated rings. The monoisotopic (exact) mass is 357 g/mol. The third kappa shape index (κ3) is 3.83. The summed E-state index contributed by atoms with van der Waals surface area (Å²) in [5, 5.41) is 8.86. The minimum atomic E-state index is 0.224. The van der Waals surface area contributed by atoms with E-state index in [0.717, 1.165) is 21.8 Å². The number of methoxy groups -OCH3 is 1. The van der Waals surface area contributed by atoms with E-state index in [2.05, 4.69) is 46.8 Å². The van der Waals surface area contributed by atoms with E-state index in [9.17, 15) is 0 Å². The van der Waals surface area contributed by atoms with Crippen LogP contribution in [0.4, 0.5) is 0 Å². The summed E-state index contributed by atoms with van der Waals surface area (Å²) in [6.07, 6.45) is 1.85. The van der Waals surface area contributed by atoms with Crippen LogP contribution >= 0.6 is 22.7 Å². The van der Waals surface area contributed by atoms with Crippen LogP contribution in [0, 0.1) is 0 Å². The van der Waals surface area contributed by atoms with Gasteiger partial charge in [0, 0.05) is 11.4 Å². The molecule has 1 aromatic carbocycles. The number of nitrogens with zero attached hydrogens (tertiary/aromatic N) is 3. The summed E-state index contributed by atoms with van der Waals surface area (Å²) in [6, 6.07) is 12.2. The maximum atomic E-state index is 5.19. The maximum absolute atomic E-state index is 5.19. The van der Waals surface area contributed by atoms with Gasteiger partial charge in [0.1, 0.15) is 5.75 Å². The van der Waals surface area contributed by atoms with Gasteiger partial charge in [0.2, 0.25) is 4.80 Å². The van der Waals surface area contributed by atoms with Gasteiger partial charge in [-0.25, -0.2) is 4.68 Å². The van der Waals surface area contributed by atoms with Crippen LogP contribution in [-0.4, -0.2) is 24.0 Å². The molecule has 4 nitrogen and oxygen atoms in total. The summed E-state index contributed by atoms with van der Waals surface area (Å²) >= 11 is 3.32. The first-order valence-electron chi connectivity index (χ1n) is 7.64. The summed E-state index contributed by atoms with van der Waals surface area (Å²) in [6.45, 7) is 4.14. The predicted octanol–water partition coefficient (Wildman–Crippen LogP) is 4.48. The van der Waals surface area contributed by atoms with Crippen LogP contribution in [0.5, 0.6) is 5.75 Å². The molecule has 24 heavy (non-hydrogen) atoms. The van der Waals surface area contributed by atoms with Crippen molar-refractivity contribution in [1.29, 1.82) is 0 Å². The summed E-state index contributed by atoms with van der Waals surface area (Å²) in [7, 11) is 1.66. The molecule has 0 N–H and O–H groups in total. The third-order valence-electron chi connectivity index (χ3n) is 3.27. The van der Waals surface area contributed by atoms with Gasteiger partial charge in [-0.3, -0.25) is 4.99 Å². The standard InChI is InChI=1S/C18H19N3OS2/c1-13(2)20-18-21(16(12-24-18)17-5-4-10-23-17)19-11-14-6-8-15(22-3)9-7-14/h4-13H,1-3H3. The second kappa shape index (κ2) is 7.59. The Balaban J connectivity index is 2.01. The zero-order valence-corrected chi connectivity index (χ0v) is 15.5. The first-order valence-corrected chi connectivity index (χ1v) is 9.40. The molecule has 0 aliphatic carbocycles. The number of benzene rings is 1. The van der Waals surface area contributed by atoms with Crippen molar-refractivity contribution in [2.75, 3.05) is 7.11 Å². The Labute approximate surface area is 149 Å². The summed E-state index contributed by atoms with van der Waals surface area (Å²) in [5.41, 5.74) is 2.08. The molecule has 0 aliphatic heterocycles. The van der Waals surface area contributed by atoms with Gasteiger partial charge in [0.25, 0.3) is 0 Å². The van der Waals surface area contributed by atoms with Gasteiger partial charge in [-0.05, 0) is 55.1 Å². The quantitative estimate of drug-likeness (QED) is 0.621. The number of hydrogen-bond acceptors (Lipinski definition) is 5. The third-order valence-corrected chi connectivity index (χ3v) is 4.99. The Kier molecular flexibility index (Phi) is 5.27. The van der Waals surface area contributed by atoms with Crippen LogP contribution in [0.1, 0.15) is 19.4 Å². The van der Waals surface area contributed by atoms with Crippen molar-refractivity contribution in [2.45, 2.75) is 19.9 Å². The number of thiazole rings is 1. The first kappa shape index (κ1) is 16.7. The lowest BCUT2D eigenvalue weighted by molar-refractivity contribution is 0.415. The van der Waals surface area contributed by atoms with Crippen LogP contribution in [-0.2, 0) is 0 Å². The topological polar surface area (TPSA) is 38.9 Å². The highest BCUT2D eigenvalue weighted by Gasteiger charge is 2.08. The van der Waals surface area contributed by atoms with Gasteiger partial charge in [0.15, 0.2) is 0 Å². The van der Waals surface area contributed by atoms with Gasteiger partial charge in [-0.1, -0.05) is 6.07 Å². The van der Waals surface area contributed by atoms with Crippen LogP contribution < -0.4 is 9.54 Å². The number of aromatic nitrogens is 1. The molecule has 0 saturated heterocycles. The Hall–Kier alpha value is -2.18. The fourth-order valence-electron chi connectivity index (χ4n) is 2.13. The molecule has 0 unspecified atom stereocenters. The molecular weight excluding hydrogens is 338 g/mol. The van der Waals surface area contributed by atoms with E-state index in [1.807, 2.05) is 35.2 Å². The van der Waals surface area contributed by atoms with Crippen molar-refractivity contribution >= 4 is 28.9 Å². The lowest BCUT2D eigenvalue weighted by atomic mass is 10.2. The van der Waals surface area contributed by atoms with Crippen LogP contribution in [0.15, 0.2) is 57.3 Å². The fourth-order valence-corrected chi connectivity index (χ4v) is 3.89. The Morgan fingerprint density at radius 1 is 1.12 bits per heavy atom. The van der Waals surface area contributed by atoms with E-state index < -0.39 is 0 Å². The van der Waals surface area contributed by atoms with Crippen molar-refractivity contribution in [2.24, 2.45) is 10.1 Å². The van der Waals surface area contributed by atoms with Crippen molar-refractivity contribution in [3.63, 3.8) is 0 Å². The lowest BCUT2D eigenvalue weighted by Crippen LogP contribution is -2.14. The van der Waals surface area contributed by atoms with Gasteiger partial charge in [-0.15, -0.1) is 22.7 Å². The second-order valence-corrected chi connectivity index (χ2v) is 7.22. The summed E-state index contributed by atoms with van der Waals surface area (Å²) < 4.78 is 7.11. The van der Waals surface area contributed by atoms with Gasteiger partial charge in [-0.2, -0.15) is 5.10 Å². The summed E-state index contributed by atoms with van der Waals surface area (Å²) in [4.78, 5) is 6.77. The SMILES string of the molecule is COc1ccc(C=Nn2c(-c3cccs3)csc2=NC(C)C)cc1. The van der Waals surface area contributed by atoms with E-state index in [0.29, 0.717) is 0 Å². The number of ether oxygens (including phenoxy) is 1. The number of hydrogen-bond donors (Lipinski definition) is 0. The second-order valence-electron chi connectivity index (χ2n) is 5.43. The molecule has 0 aliphatic rings. The molecule has 2 aromatic heterocycles. The van der Waals surface area contributed by atoms with Crippen molar-refractivity contribution in [3.8, 4) is 16.3 Å². The average molecular weight is 358 g/mol. The van der Waals surface area contributed by atoms with E-state index in [-0.39, 0.29) is 6.04 Å². The van der Waals surface area contributed by atoms with E-state index >= 15 is 0 Å². The Morgan fingerprint density at radius 3 is 2.54 bits per heavy atom. The van der Waals surface area contributed by atoms with Crippen LogP contribution in [0.3, 0.4) is 0 Å².